The van der Waals surface area contributed by atoms with Gasteiger partial charge >= 0.3 is 0 Å². The van der Waals surface area contributed by atoms with Crippen LogP contribution in [0.4, 0.5) is 4.39 Å². The Labute approximate surface area is 119 Å². The molecule has 0 amide bonds. The highest BCUT2D eigenvalue weighted by molar-refractivity contribution is 9.10. The van der Waals surface area contributed by atoms with Crippen molar-refractivity contribution in [2.45, 2.75) is 25.7 Å². The summed E-state index contributed by atoms with van der Waals surface area (Å²) in [5, 5.41) is 0. The van der Waals surface area contributed by atoms with Crippen LogP contribution in [0.1, 0.15) is 24.1 Å². The maximum atomic E-state index is 13.3. The molecular weight excluding hydrogens is 311 g/mol. The van der Waals surface area contributed by atoms with E-state index >= 15 is 0 Å². The van der Waals surface area contributed by atoms with E-state index in [4.69, 9.17) is 4.74 Å². The Kier molecular flexibility index (Phi) is 3.46. The van der Waals surface area contributed by atoms with Crippen molar-refractivity contribution in [3.8, 4) is 11.6 Å². The van der Waals surface area contributed by atoms with Crippen LogP contribution in [0.5, 0.6) is 11.6 Å². The van der Waals surface area contributed by atoms with Gasteiger partial charge in [0, 0.05) is 16.1 Å². The Morgan fingerprint density at radius 3 is 2.79 bits per heavy atom. The second-order valence-electron chi connectivity index (χ2n) is 4.52. The normalized spacial score (nSPS) is 14.0. The van der Waals surface area contributed by atoms with E-state index in [1.807, 2.05) is 0 Å². The van der Waals surface area contributed by atoms with E-state index < -0.39 is 0 Å². The highest BCUT2D eigenvalue weighted by atomic mass is 79.9. The Hall–Kier alpha value is -1.49. The quantitative estimate of drug-likeness (QED) is 0.836. The molecule has 0 fully saturated rings. The first-order valence-corrected chi connectivity index (χ1v) is 6.98. The molecule has 0 atom stereocenters. The highest BCUT2D eigenvalue weighted by Crippen LogP contribution is 2.31. The second-order valence-corrected chi connectivity index (χ2v) is 5.43. The molecule has 0 aliphatic heterocycles. The fraction of sp³-hybridized carbons (Fsp3) is 0.286. The molecule has 3 rings (SSSR count). The lowest BCUT2D eigenvalue weighted by Gasteiger charge is -2.17. The molecule has 1 aromatic heterocycles. The smallest absolute Gasteiger partial charge is 0.225 e. The molecule has 1 aliphatic carbocycles. The molecule has 98 valence electrons. The summed E-state index contributed by atoms with van der Waals surface area (Å²) in [6, 6.07) is 4.46. The van der Waals surface area contributed by atoms with Gasteiger partial charge in [-0.15, -0.1) is 0 Å². The molecule has 0 unspecified atom stereocenters. The monoisotopic (exact) mass is 322 g/mol. The molecule has 2 aromatic rings. The second kappa shape index (κ2) is 5.25. The van der Waals surface area contributed by atoms with E-state index in [0.717, 1.165) is 36.9 Å². The van der Waals surface area contributed by atoms with Crippen molar-refractivity contribution in [2.75, 3.05) is 0 Å². The lowest BCUT2D eigenvalue weighted by Crippen LogP contribution is -2.08. The van der Waals surface area contributed by atoms with Gasteiger partial charge in [0.15, 0.2) is 0 Å². The summed E-state index contributed by atoms with van der Waals surface area (Å²) in [7, 11) is 0. The van der Waals surface area contributed by atoms with E-state index in [-0.39, 0.29) is 5.82 Å². The van der Waals surface area contributed by atoms with Crippen molar-refractivity contribution in [1.29, 1.82) is 0 Å². The van der Waals surface area contributed by atoms with Crippen molar-refractivity contribution < 1.29 is 9.13 Å². The molecule has 3 nitrogen and oxygen atoms in total. The van der Waals surface area contributed by atoms with Crippen molar-refractivity contribution in [2.24, 2.45) is 0 Å². The fourth-order valence-electron chi connectivity index (χ4n) is 2.28. The highest BCUT2D eigenvalue weighted by Gasteiger charge is 2.17. The number of rotatable bonds is 2. The van der Waals surface area contributed by atoms with Gasteiger partial charge in [-0.05, 0) is 37.8 Å². The van der Waals surface area contributed by atoms with Crippen molar-refractivity contribution in [3.05, 3.63) is 46.1 Å². The minimum absolute atomic E-state index is 0.340. The zero-order chi connectivity index (χ0) is 13.2. The van der Waals surface area contributed by atoms with Crippen molar-refractivity contribution in [3.63, 3.8) is 0 Å². The van der Waals surface area contributed by atoms with Crippen LogP contribution in [0, 0.1) is 5.82 Å². The van der Waals surface area contributed by atoms with Gasteiger partial charge in [0.25, 0.3) is 0 Å². The Balaban J connectivity index is 1.95. The Morgan fingerprint density at radius 1 is 1.11 bits per heavy atom. The van der Waals surface area contributed by atoms with Crippen LogP contribution in [0.3, 0.4) is 0 Å². The summed E-state index contributed by atoms with van der Waals surface area (Å²) in [4.78, 5) is 8.46. The summed E-state index contributed by atoms with van der Waals surface area (Å²) in [5.41, 5.74) is 2.10. The van der Waals surface area contributed by atoms with Crippen LogP contribution >= 0.6 is 15.9 Å². The predicted molar refractivity (Wildman–Crippen MR) is 72.8 cm³/mol. The number of aromatic nitrogens is 2. The predicted octanol–water partition coefficient (Wildman–Crippen LogP) is 4.05. The van der Waals surface area contributed by atoms with E-state index in [1.165, 1.54) is 18.5 Å². The Bertz CT molecular complexity index is 598. The fourth-order valence-corrected chi connectivity index (χ4v) is 2.72. The standard InChI is InChI=1S/C14H12BrFN2O/c15-9-5-10(16)7-11(6-9)19-14-12-3-1-2-4-13(12)17-8-18-14/h5-8H,1-4H2. The lowest BCUT2D eigenvalue weighted by molar-refractivity contribution is 0.442. The van der Waals surface area contributed by atoms with Gasteiger partial charge < -0.3 is 4.74 Å². The number of nitrogens with zero attached hydrogens (tertiary/aromatic N) is 2. The molecule has 19 heavy (non-hydrogen) atoms. The summed E-state index contributed by atoms with van der Waals surface area (Å²) in [5.74, 6) is 0.646. The third kappa shape index (κ3) is 2.76. The Morgan fingerprint density at radius 2 is 1.95 bits per heavy atom. The molecule has 0 N–H and O–H groups in total. The molecule has 5 heteroatoms. The van der Waals surface area contributed by atoms with Gasteiger partial charge in [0.05, 0.1) is 5.69 Å². The first kappa shape index (κ1) is 12.5. The van der Waals surface area contributed by atoms with Gasteiger partial charge in [-0.3, -0.25) is 0 Å². The van der Waals surface area contributed by atoms with Gasteiger partial charge in [0.2, 0.25) is 5.88 Å². The molecule has 0 bridgehead atoms. The molecule has 0 radical (unpaired) electrons. The summed E-state index contributed by atoms with van der Waals surface area (Å²) in [6.07, 6.45) is 5.65. The minimum Gasteiger partial charge on any atom is -0.438 e. The van der Waals surface area contributed by atoms with E-state index in [1.54, 1.807) is 6.07 Å². The van der Waals surface area contributed by atoms with Crippen molar-refractivity contribution in [1.82, 2.24) is 9.97 Å². The average Bonchev–Trinajstić information content (AvgIpc) is 2.38. The molecule has 1 aliphatic rings. The van der Waals surface area contributed by atoms with Gasteiger partial charge in [-0.25, -0.2) is 14.4 Å². The van der Waals surface area contributed by atoms with Gasteiger partial charge in [0.1, 0.15) is 17.9 Å². The molecule has 0 spiro atoms. The third-order valence-electron chi connectivity index (χ3n) is 3.14. The van der Waals surface area contributed by atoms with E-state index in [2.05, 4.69) is 25.9 Å². The first-order valence-electron chi connectivity index (χ1n) is 6.19. The van der Waals surface area contributed by atoms with E-state index in [0.29, 0.717) is 16.1 Å². The SMILES string of the molecule is Fc1cc(Br)cc(Oc2ncnc3c2CCCC3)c1. The van der Waals surface area contributed by atoms with Crippen LogP contribution in [0.25, 0.3) is 0 Å². The summed E-state index contributed by atoms with van der Waals surface area (Å²) in [6.45, 7) is 0. The maximum absolute atomic E-state index is 13.3. The van der Waals surface area contributed by atoms with Crippen LogP contribution in [0.15, 0.2) is 29.0 Å². The number of aryl methyl sites for hydroxylation is 1. The zero-order valence-corrected chi connectivity index (χ0v) is 11.8. The summed E-state index contributed by atoms with van der Waals surface area (Å²) >= 11 is 3.25. The van der Waals surface area contributed by atoms with Gasteiger partial charge in [-0.2, -0.15) is 0 Å². The average molecular weight is 323 g/mol. The van der Waals surface area contributed by atoms with Crippen LogP contribution in [0.2, 0.25) is 0 Å². The van der Waals surface area contributed by atoms with E-state index in [9.17, 15) is 4.39 Å². The largest absolute Gasteiger partial charge is 0.438 e. The molecule has 1 heterocycles. The number of ether oxygens (including phenoxy) is 1. The third-order valence-corrected chi connectivity index (χ3v) is 3.59. The lowest BCUT2D eigenvalue weighted by atomic mass is 9.97. The summed E-state index contributed by atoms with van der Waals surface area (Å²) < 4.78 is 19.7. The minimum atomic E-state index is -0.340. The number of halogens is 2. The maximum Gasteiger partial charge on any atom is 0.225 e. The van der Waals surface area contributed by atoms with Crippen molar-refractivity contribution >= 4 is 15.9 Å². The van der Waals surface area contributed by atoms with Crippen LogP contribution in [-0.2, 0) is 12.8 Å². The van der Waals surface area contributed by atoms with Crippen LogP contribution in [-0.4, -0.2) is 9.97 Å². The molecule has 0 saturated heterocycles. The molecular formula is C14H12BrFN2O. The molecule has 0 saturated carbocycles. The molecule has 1 aromatic carbocycles. The number of benzene rings is 1. The number of fused-ring (bicyclic) bond motifs is 1. The number of hydrogen-bond donors (Lipinski definition) is 0. The van der Waals surface area contributed by atoms with Crippen LogP contribution < -0.4 is 4.74 Å². The van der Waals surface area contributed by atoms with Gasteiger partial charge in [-0.1, -0.05) is 15.9 Å². The first-order chi connectivity index (χ1) is 9.22. The number of hydrogen-bond acceptors (Lipinski definition) is 3. The zero-order valence-electron chi connectivity index (χ0n) is 10.2. The topological polar surface area (TPSA) is 35.0 Å².